The van der Waals surface area contributed by atoms with Gasteiger partial charge in [-0.25, -0.2) is 0 Å². The standard InChI is InChI=1S/C18H26ClNO2/c1-11(2)13-6-5-12(3)15(9-13)18(21)20-14-7-8-17(22-4)16(19)10-14/h7-8,10-13,15H,5-6,9H2,1-4H3,(H,20,21). The summed E-state index contributed by atoms with van der Waals surface area (Å²) in [5.41, 5.74) is 0.731. The fourth-order valence-electron chi connectivity index (χ4n) is 3.30. The van der Waals surface area contributed by atoms with E-state index in [4.69, 9.17) is 16.3 Å². The molecule has 0 heterocycles. The third-order valence-corrected chi connectivity index (χ3v) is 5.23. The van der Waals surface area contributed by atoms with Crippen LogP contribution in [0.5, 0.6) is 5.75 Å². The van der Waals surface area contributed by atoms with E-state index < -0.39 is 0 Å². The molecule has 1 saturated carbocycles. The molecular weight excluding hydrogens is 298 g/mol. The number of carbonyl (C=O) groups excluding carboxylic acids is 1. The van der Waals surface area contributed by atoms with E-state index in [9.17, 15) is 4.79 Å². The van der Waals surface area contributed by atoms with E-state index in [1.807, 2.05) is 6.07 Å². The van der Waals surface area contributed by atoms with E-state index in [1.54, 1.807) is 19.2 Å². The SMILES string of the molecule is COc1ccc(NC(=O)C2CC(C(C)C)CCC2C)cc1Cl. The number of hydrogen-bond donors (Lipinski definition) is 1. The lowest BCUT2D eigenvalue weighted by atomic mass is 9.71. The lowest BCUT2D eigenvalue weighted by Gasteiger charge is -2.35. The van der Waals surface area contributed by atoms with Crippen molar-refractivity contribution in [2.45, 2.75) is 40.0 Å². The normalized spacial score (nSPS) is 25.1. The zero-order chi connectivity index (χ0) is 16.3. The number of rotatable bonds is 4. The second-order valence-electron chi connectivity index (χ2n) is 6.74. The maximum Gasteiger partial charge on any atom is 0.227 e. The molecule has 1 N–H and O–H groups in total. The van der Waals surface area contributed by atoms with Crippen LogP contribution in [0.1, 0.15) is 40.0 Å². The van der Waals surface area contributed by atoms with Crippen LogP contribution >= 0.6 is 11.6 Å². The van der Waals surface area contributed by atoms with Gasteiger partial charge in [0.25, 0.3) is 0 Å². The molecule has 1 amide bonds. The molecule has 3 atom stereocenters. The van der Waals surface area contributed by atoms with Crippen molar-refractivity contribution in [3.05, 3.63) is 23.2 Å². The predicted octanol–water partition coefficient (Wildman–Crippen LogP) is 5.00. The number of amides is 1. The van der Waals surface area contributed by atoms with Gasteiger partial charge in [-0.3, -0.25) is 4.79 Å². The zero-order valence-corrected chi connectivity index (χ0v) is 14.6. The molecule has 0 saturated heterocycles. The predicted molar refractivity (Wildman–Crippen MR) is 91.5 cm³/mol. The Kier molecular flexibility index (Phi) is 5.74. The number of nitrogens with one attached hydrogen (secondary N) is 1. The highest BCUT2D eigenvalue weighted by molar-refractivity contribution is 6.32. The number of anilines is 1. The molecule has 22 heavy (non-hydrogen) atoms. The zero-order valence-electron chi connectivity index (χ0n) is 13.9. The second-order valence-corrected chi connectivity index (χ2v) is 7.15. The summed E-state index contributed by atoms with van der Waals surface area (Å²) in [5.74, 6) is 2.53. The number of ether oxygens (including phenoxy) is 1. The van der Waals surface area contributed by atoms with Crippen LogP contribution in [0.25, 0.3) is 0 Å². The van der Waals surface area contributed by atoms with Crippen molar-refractivity contribution in [1.82, 2.24) is 0 Å². The summed E-state index contributed by atoms with van der Waals surface area (Å²) in [5, 5.41) is 3.53. The number of halogens is 1. The first-order valence-corrected chi connectivity index (χ1v) is 8.44. The van der Waals surface area contributed by atoms with E-state index in [0.717, 1.165) is 18.5 Å². The summed E-state index contributed by atoms with van der Waals surface area (Å²) in [6, 6.07) is 5.35. The summed E-state index contributed by atoms with van der Waals surface area (Å²) in [7, 11) is 1.58. The molecule has 3 unspecified atom stereocenters. The van der Waals surface area contributed by atoms with Gasteiger partial charge in [-0.1, -0.05) is 32.4 Å². The third kappa shape index (κ3) is 3.95. The molecule has 122 valence electrons. The highest BCUT2D eigenvalue weighted by Crippen LogP contribution is 2.38. The summed E-state index contributed by atoms with van der Waals surface area (Å²) < 4.78 is 5.13. The average Bonchev–Trinajstić information content (AvgIpc) is 2.47. The van der Waals surface area contributed by atoms with Crippen molar-refractivity contribution in [2.24, 2.45) is 23.7 Å². The molecule has 4 heteroatoms. The minimum Gasteiger partial charge on any atom is -0.495 e. The van der Waals surface area contributed by atoms with Gasteiger partial charge in [0.15, 0.2) is 0 Å². The van der Waals surface area contributed by atoms with Crippen LogP contribution in [-0.2, 0) is 4.79 Å². The van der Waals surface area contributed by atoms with E-state index in [1.165, 1.54) is 6.42 Å². The van der Waals surface area contributed by atoms with Crippen LogP contribution in [0.15, 0.2) is 18.2 Å². The summed E-state index contributed by atoms with van der Waals surface area (Å²) in [6.45, 7) is 6.68. The molecule has 1 aromatic carbocycles. The molecule has 1 aliphatic carbocycles. The van der Waals surface area contributed by atoms with Crippen molar-refractivity contribution >= 4 is 23.2 Å². The van der Waals surface area contributed by atoms with Crippen molar-refractivity contribution in [3.63, 3.8) is 0 Å². The van der Waals surface area contributed by atoms with Gasteiger partial charge in [0, 0.05) is 11.6 Å². The van der Waals surface area contributed by atoms with Gasteiger partial charge in [-0.15, -0.1) is 0 Å². The number of methoxy groups -OCH3 is 1. The molecular formula is C18H26ClNO2. The van der Waals surface area contributed by atoms with Gasteiger partial charge >= 0.3 is 0 Å². The van der Waals surface area contributed by atoms with Crippen LogP contribution in [-0.4, -0.2) is 13.0 Å². The van der Waals surface area contributed by atoms with Crippen LogP contribution in [0.3, 0.4) is 0 Å². The Morgan fingerprint density at radius 2 is 2.09 bits per heavy atom. The Labute approximate surface area is 138 Å². The lowest BCUT2D eigenvalue weighted by molar-refractivity contribution is -0.123. The molecule has 1 aromatic rings. The van der Waals surface area contributed by atoms with Crippen molar-refractivity contribution in [3.8, 4) is 5.75 Å². The van der Waals surface area contributed by atoms with Gasteiger partial charge in [-0.2, -0.15) is 0 Å². The Bertz CT molecular complexity index is 530. The molecule has 2 rings (SSSR count). The minimum absolute atomic E-state index is 0.0852. The molecule has 3 nitrogen and oxygen atoms in total. The first-order chi connectivity index (χ1) is 10.4. The van der Waals surface area contributed by atoms with E-state index in [2.05, 4.69) is 26.1 Å². The van der Waals surface area contributed by atoms with Crippen molar-refractivity contribution in [1.29, 1.82) is 0 Å². The quantitative estimate of drug-likeness (QED) is 0.847. The average molecular weight is 324 g/mol. The third-order valence-electron chi connectivity index (χ3n) is 4.94. The Morgan fingerprint density at radius 1 is 1.36 bits per heavy atom. The lowest BCUT2D eigenvalue weighted by Crippen LogP contribution is -2.34. The maximum absolute atomic E-state index is 12.6. The highest BCUT2D eigenvalue weighted by atomic mass is 35.5. The second kappa shape index (κ2) is 7.36. The largest absolute Gasteiger partial charge is 0.495 e. The first-order valence-electron chi connectivity index (χ1n) is 8.06. The molecule has 0 aromatic heterocycles. The maximum atomic E-state index is 12.6. The number of hydrogen-bond acceptors (Lipinski definition) is 2. The van der Waals surface area contributed by atoms with E-state index in [-0.39, 0.29) is 11.8 Å². The highest BCUT2D eigenvalue weighted by Gasteiger charge is 2.33. The number of benzene rings is 1. The van der Waals surface area contributed by atoms with Crippen molar-refractivity contribution in [2.75, 3.05) is 12.4 Å². The fourth-order valence-corrected chi connectivity index (χ4v) is 3.56. The number of carbonyl (C=O) groups is 1. The van der Waals surface area contributed by atoms with Gasteiger partial charge in [-0.05, 0) is 55.2 Å². The van der Waals surface area contributed by atoms with E-state index in [0.29, 0.717) is 28.5 Å². The molecule has 1 fully saturated rings. The smallest absolute Gasteiger partial charge is 0.227 e. The van der Waals surface area contributed by atoms with Gasteiger partial charge in [0.1, 0.15) is 5.75 Å². The van der Waals surface area contributed by atoms with Crippen LogP contribution in [0.2, 0.25) is 5.02 Å². The topological polar surface area (TPSA) is 38.3 Å². The molecule has 0 bridgehead atoms. The van der Waals surface area contributed by atoms with Crippen molar-refractivity contribution < 1.29 is 9.53 Å². The van der Waals surface area contributed by atoms with Crippen LogP contribution in [0, 0.1) is 23.7 Å². The molecule has 0 spiro atoms. The first kappa shape index (κ1) is 17.1. The molecule has 0 radical (unpaired) electrons. The molecule has 0 aliphatic heterocycles. The molecule has 1 aliphatic rings. The summed E-state index contributed by atoms with van der Waals surface area (Å²) in [4.78, 5) is 12.6. The summed E-state index contributed by atoms with van der Waals surface area (Å²) in [6.07, 6.45) is 3.34. The van der Waals surface area contributed by atoms with E-state index >= 15 is 0 Å². The minimum atomic E-state index is 0.0852. The Hall–Kier alpha value is -1.22. The fraction of sp³-hybridized carbons (Fsp3) is 0.611. The monoisotopic (exact) mass is 323 g/mol. The van der Waals surface area contributed by atoms with Crippen LogP contribution < -0.4 is 10.1 Å². The Balaban J connectivity index is 2.05. The van der Waals surface area contributed by atoms with Gasteiger partial charge in [0.05, 0.1) is 12.1 Å². The van der Waals surface area contributed by atoms with Gasteiger partial charge < -0.3 is 10.1 Å². The Morgan fingerprint density at radius 3 is 2.68 bits per heavy atom. The summed E-state index contributed by atoms with van der Waals surface area (Å²) >= 11 is 6.12. The van der Waals surface area contributed by atoms with Gasteiger partial charge in [0.2, 0.25) is 5.91 Å². The van der Waals surface area contributed by atoms with Crippen LogP contribution in [0.4, 0.5) is 5.69 Å².